The number of benzene rings is 4. The molecule has 0 saturated carbocycles. The molecule has 0 aliphatic carbocycles. The second-order valence-corrected chi connectivity index (χ2v) is 8.80. The Hall–Kier alpha value is -4.29. The van der Waals surface area contributed by atoms with Crippen molar-refractivity contribution < 1.29 is 9.13 Å². The summed E-state index contributed by atoms with van der Waals surface area (Å²) in [6.45, 7) is 2.56. The molecular formula is C30H24FN3OS. The van der Waals surface area contributed by atoms with Crippen LogP contribution in [0.3, 0.4) is 0 Å². The van der Waals surface area contributed by atoms with Crippen LogP contribution < -0.4 is 9.54 Å². The largest absolute Gasteiger partial charge is 0.494 e. The number of rotatable bonds is 7. The van der Waals surface area contributed by atoms with Crippen molar-refractivity contribution in [3.05, 3.63) is 125 Å². The first kappa shape index (κ1) is 23.5. The number of hydrogen-bond donors (Lipinski definition) is 0. The van der Waals surface area contributed by atoms with Gasteiger partial charge in [0.25, 0.3) is 0 Å². The molecular weight excluding hydrogens is 469 g/mol. The summed E-state index contributed by atoms with van der Waals surface area (Å²) in [5, 5.41) is 6.66. The third kappa shape index (κ3) is 5.34. The van der Waals surface area contributed by atoms with E-state index in [2.05, 4.69) is 41.5 Å². The Morgan fingerprint density at radius 3 is 2.19 bits per heavy atom. The maximum atomic E-state index is 14.3. The van der Waals surface area contributed by atoms with Gasteiger partial charge in [-0.1, -0.05) is 72.8 Å². The van der Waals surface area contributed by atoms with E-state index in [-0.39, 0.29) is 5.82 Å². The third-order valence-electron chi connectivity index (χ3n) is 5.56. The Morgan fingerprint density at radius 1 is 0.806 bits per heavy atom. The molecule has 0 fully saturated rings. The van der Waals surface area contributed by atoms with Crippen molar-refractivity contribution >= 4 is 23.2 Å². The minimum Gasteiger partial charge on any atom is -0.494 e. The number of hydrogen-bond acceptors (Lipinski definition) is 4. The van der Waals surface area contributed by atoms with Gasteiger partial charge in [0.15, 0.2) is 0 Å². The molecule has 0 spiro atoms. The van der Waals surface area contributed by atoms with Crippen molar-refractivity contribution in [3.8, 4) is 28.1 Å². The van der Waals surface area contributed by atoms with Crippen LogP contribution >= 0.6 is 11.3 Å². The molecule has 36 heavy (non-hydrogen) atoms. The topological polar surface area (TPSA) is 38.9 Å². The van der Waals surface area contributed by atoms with Gasteiger partial charge < -0.3 is 4.74 Å². The van der Waals surface area contributed by atoms with Crippen LogP contribution in [0.1, 0.15) is 12.5 Å². The second-order valence-electron chi connectivity index (χ2n) is 7.96. The van der Waals surface area contributed by atoms with Gasteiger partial charge in [0.05, 0.1) is 24.2 Å². The second kappa shape index (κ2) is 11.0. The van der Waals surface area contributed by atoms with Crippen molar-refractivity contribution in [1.82, 2.24) is 4.68 Å². The first-order valence-corrected chi connectivity index (χ1v) is 12.5. The fraction of sp³-hybridized carbons (Fsp3) is 0.0667. The number of halogens is 1. The molecule has 1 aromatic heterocycles. The van der Waals surface area contributed by atoms with E-state index in [0.29, 0.717) is 17.0 Å². The molecule has 0 N–H and O–H groups in total. The van der Waals surface area contributed by atoms with Gasteiger partial charge in [-0.05, 0) is 48.4 Å². The number of thiazole rings is 1. The molecule has 0 saturated heterocycles. The summed E-state index contributed by atoms with van der Waals surface area (Å²) in [5.74, 6) is 0.475. The van der Waals surface area contributed by atoms with Gasteiger partial charge >= 0.3 is 0 Å². The van der Waals surface area contributed by atoms with Gasteiger partial charge in [-0.25, -0.2) is 14.1 Å². The zero-order chi connectivity index (χ0) is 24.7. The fourth-order valence-corrected chi connectivity index (χ4v) is 4.60. The molecule has 0 bridgehead atoms. The molecule has 0 amide bonds. The Balaban J connectivity index is 1.56. The van der Waals surface area contributed by atoms with E-state index < -0.39 is 0 Å². The third-order valence-corrected chi connectivity index (χ3v) is 6.38. The van der Waals surface area contributed by atoms with E-state index in [0.717, 1.165) is 33.8 Å². The highest BCUT2D eigenvalue weighted by Crippen LogP contribution is 2.26. The van der Waals surface area contributed by atoms with Gasteiger partial charge in [0.1, 0.15) is 11.6 Å². The summed E-state index contributed by atoms with van der Waals surface area (Å²) in [5.41, 5.74) is 5.35. The molecule has 0 atom stereocenters. The van der Waals surface area contributed by atoms with Crippen molar-refractivity contribution in [1.29, 1.82) is 0 Å². The molecule has 6 heteroatoms. The summed E-state index contributed by atoms with van der Waals surface area (Å²) >= 11 is 1.48. The zero-order valence-electron chi connectivity index (χ0n) is 19.7. The lowest BCUT2D eigenvalue weighted by Crippen LogP contribution is -2.11. The first-order chi connectivity index (χ1) is 17.7. The van der Waals surface area contributed by atoms with Crippen LogP contribution in [0.4, 0.5) is 10.1 Å². The van der Waals surface area contributed by atoms with Crippen molar-refractivity contribution in [2.24, 2.45) is 10.1 Å². The maximum absolute atomic E-state index is 14.3. The first-order valence-electron chi connectivity index (χ1n) is 11.6. The van der Waals surface area contributed by atoms with Crippen LogP contribution in [0.5, 0.6) is 5.75 Å². The number of nitrogens with zero attached hydrogens (tertiary/aromatic N) is 3. The van der Waals surface area contributed by atoms with Crippen LogP contribution in [-0.4, -0.2) is 17.5 Å². The standard InChI is InChI=1S/C30H24FN3OS/c1-2-35-27-18-16-26(17-19-27)33-30-34(32-20-25-10-6-7-11-28(25)31)29(21-36-30)24-14-12-23(13-15-24)22-8-4-3-5-9-22/h3-21H,2H2,1H3/b32-20-,33-30?. The molecule has 0 unspecified atom stereocenters. The van der Waals surface area contributed by atoms with E-state index >= 15 is 0 Å². The summed E-state index contributed by atoms with van der Waals surface area (Å²) in [4.78, 5) is 5.48. The van der Waals surface area contributed by atoms with E-state index in [1.165, 1.54) is 23.6 Å². The molecule has 1 heterocycles. The highest BCUT2D eigenvalue weighted by atomic mass is 32.1. The van der Waals surface area contributed by atoms with Crippen molar-refractivity contribution in [3.63, 3.8) is 0 Å². The van der Waals surface area contributed by atoms with E-state index in [1.807, 2.05) is 54.8 Å². The molecule has 178 valence electrons. The minimum atomic E-state index is -0.323. The van der Waals surface area contributed by atoms with Crippen molar-refractivity contribution in [2.45, 2.75) is 6.92 Å². The summed E-state index contributed by atoms with van der Waals surface area (Å²) in [6.07, 6.45) is 1.53. The van der Waals surface area contributed by atoms with Crippen LogP contribution in [0.2, 0.25) is 0 Å². The lowest BCUT2D eigenvalue weighted by atomic mass is 10.0. The lowest BCUT2D eigenvalue weighted by molar-refractivity contribution is 0.340. The Labute approximate surface area is 213 Å². The minimum absolute atomic E-state index is 0.323. The molecule has 0 aliphatic rings. The van der Waals surface area contributed by atoms with Gasteiger partial charge in [0.2, 0.25) is 4.80 Å². The summed E-state index contributed by atoms with van der Waals surface area (Å²) < 4.78 is 21.6. The number of ether oxygens (including phenoxy) is 1. The molecule has 5 aromatic rings. The quantitative estimate of drug-likeness (QED) is 0.216. The van der Waals surface area contributed by atoms with Gasteiger partial charge in [-0.15, -0.1) is 11.3 Å². The maximum Gasteiger partial charge on any atom is 0.211 e. The number of aromatic nitrogens is 1. The normalized spacial score (nSPS) is 11.8. The zero-order valence-corrected chi connectivity index (χ0v) is 20.5. The van der Waals surface area contributed by atoms with Gasteiger partial charge in [-0.2, -0.15) is 5.10 Å². The molecule has 0 radical (unpaired) electrons. The summed E-state index contributed by atoms with van der Waals surface area (Å²) in [7, 11) is 0. The smallest absolute Gasteiger partial charge is 0.211 e. The van der Waals surface area contributed by atoms with E-state index in [4.69, 9.17) is 9.73 Å². The van der Waals surface area contributed by atoms with Crippen LogP contribution in [-0.2, 0) is 0 Å². The predicted octanol–water partition coefficient (Wildman–Crippen LogP) is 7.54. The average Bonchev–Trinajstić information content (AvgIpc) is 3.32. The molecule has 4 nitrogen and oxygen atoms in total. The molecule has 0 aliphatic heterocycles. The van der Waals surface area contributed by atoms with Crippen LogP contribution in [0, 0.1) is 5.82 Å². The predicted molar refractivity (Wildman–Crippen MR) is 145 cm³/mol. The van der Waals surface area contributed by atoms with E-state index in [1.54, 1.807) is 22.9 Å². The van der Waals surface area contributed by atoms with E-state index in [9.17, 15) is 4.39 Å². The van der Waals surface area contributed by atoms with Crippen LogP contribution in [0.25, 0.3) is 22.4 Å². The lowest BCUT2D eigenvalue weighted by Gasteiger charge is -2.06. The Kier molecular flexibility index (Phi) is 7.15. The average molecular weight is 494 g/mol. The Morgan fingerprint density at radius 2 is 1.47 bits per heavy atom. The highest BCUT2D eigenvalue weighted by Gasteiger charge is 2.09. The van der Waals surface area contributed by atoms with Gasteiger partial charge in [-0.3, -0.25) is 0 Å². The molecule has 5 rings (SSSR count). The van der Waals surface area contributed by atoms with Gasteiger partial charge in [0, 0.05) is 16.5 Å². The SMILES string of the molecule is CCOc1ccc(N=c2scc(-c3ccc(-c4ccccc4)cc3)n2/N=C\c2ccccc2F)cc1. The molecule has 4 aromatic carbocycles. The fourth-order valence-electron chi connectivity index (χ4n) is 3.74. The summed E-state index contributed by atoms with van der Waals surface area (Å²) in [6, 6.07) is 32.8. The Bertz CT molecular complexity index is 1540. The van der Waals surface area contributed by atoms with Crippen LogP contribution in [0.15, 0.2) is 119 Å². The van der Waals surface area contributed by atoms with Crippen molar-refractivity contribution in [2.75, 3.05) is 6.61 Å². The monoisotopic (exact) mass is 493 g/mol. The highest BCUT2D eigenvalue weighted by molar-refractivity contribution is 7.07.